The first-order chi connectivity index (χ1) is 14.0. The maximum Gasteiger partial charge on any atom is 0.264 e. The van der Waals surface area contributed by atoms with E-state index in [2.05, 4.69) is 17.1 Å². The Kier molecular flexibility index (Phi) is 5.77. The number of nitrogens with zero attached hydrogens (tertiary/aromatic N) is 2. The minimum atomic E-state index is -0.221. The van der Waals surface area contributed by atoms with Gasteiger partial charge in [0.15, 0.2) is 0 Å². The normalized spacial score (nSPS) is 24.3. The molecule has 1 amide bonds. The van der Waals surface area contributed by atoms with Crippen LogP contribution in [0.15, 0.2) is 35.1 Å². The van der Waals surface area contributed by atoms with Crippen LogP contribution in [0.1, 0.15) is 75.7 Å². The Balaban J connectivity index is 1.55. The second kappa shape index (κ2) is 8.31. The van der Waals surface area contributed by atoms with Crippen LogP contribution in [0.4, 0.5) is 0 Å². The van der Waals surface area contributed by atoms with Crippen molar-refractivity contribution < 1.29 is 4.79 Å². The van der Waals surface area contributed by atoms with E-state index >= 15 is 0 Å². The monoisotopic (exact) mass is 395 g/mol. The van der Waals surface area contributed by atoms with E-state index in [1.165, 1.54) is 32.2 Å². The first-order valence-corrected chi connectivity index (χ1v) is 11.2. The molecule has 1 aromatic carbocycles. The highest BCUT2D eigenvalue weighted by Crippen LogP contribution is 2.36. The number of carbonyl (C=O) groups is 1. The van der Waals surface area contributed by atoms with Gasteiger partial charge in [0.25, 0.3) is 11.5 Å². The number of benzene rings is 1. The quantitative estimate of drug-likeness (QED) is 0.801. The van der Waals surface area contributed by atoms with Crippen LogP contribution in [0.3, 0.4) is 0 Å². The second-order valence-corrected chi connectivity index (χ2v) is 9.00. The molecule has 5 nitrogen and oxygen atoms in total. The summed E-state index contributed by atoms with van der Waals surface area (Å²) in [6, 6.07) is 10.9. The van der Waals surface area contributed by atoms with Crippen molar-refractivity contribution in [2.45, 2.75) is 83.5 Å². The van der Waals surface area contributed by atoms with E-state index in [-0.39, 0.29) is 29.1 Å². The van der Waals surface area contributed by atoms with E-state index in [0.29, 0.717) is 12.1 Å². The minimum absolute atomic E-state index is 0.00204. The summed E-state index contributed by atoms with van der Waals surface area (Å²) in [5, 5.41) is 4.14. The summed E-state index contributed by atoms with van der Waals surface area (Å²) in [5.41, 5.74) is 0.948. The number of pyridine rings is 1. The van der Waals surface area contributed by atoms with Crippen LogP contribution in [0.5, 0.6) is 0 Å². The summed E-state index contributed by atoms with van der Waals surface area (Å²) in [7, 11) is 0. The molecule has 2 atom stereocenters. The Morgan fingerprint density at radius 3 is 2.52 bits per heavy atom. The van der Waals surface area contributed by atoms with Crippen molar-refractivity contribution in [3.05, 3.63) is 46.2 Å². The third kappa shape index (κ3) is 3.85. The lowest BCUT2D eigenvalue weighted by molar-refractivity contribution is 0.0841. The molecule has 4 rings (SSSR count). The summed E-state index contributed by atoms with van der Waals surface area (Å²) < 4.78 is 1.74. The largest absolute Gasteiger partial charge is 0.349 e. The first kappa shape index (κ1) is 20.1. The van der Waals surface area contributed by atoms with Crippen LogP contribution >= 0.6 is 0 Å². The Hall–Kier alpha value is -2.14. The van der Waals surface area contributed by atoms with E-state index in [1.807, 2.05) is 38.1 Å². The molecule has 29 heavy (non-hydrogen) atoms. The van der Waals surface area contributed by atoms with Gasteiger partial charge in [0.05, 0.1) is 5.52 Å². The third-order valence-corrected chi connectivity index (χ3v) is 6.70. The number of fused-ring (bicyclic) bond motifs is 3. The molecule has 2 saturated heterocycles. The van der Waals surface area contributed by atoms with Gasteiger partial charge in [-0.15, -0.1) is 0 Å². The van der Waals surface area contributed by atoms with Crippen LogP contribution in [-0.2, 0) is 0 Å². The second-order valence-electron chi connectivity index (χ2n) is 9.00. The molecule has 0 saturated carbocycles. The molecule has 0 aliphatic carbocycles. The molecule has 156 valence electrons. The number of carbonyl (C=O) groups excluding carboxylic acids is 1. The molecule has 2 bridgehead atoms. The lowest BCUT2D eigenvalue weighted by atomic mass is 9.96. The lowest BCUT2D eigenvalue weighted by Gasteiger charge is -2.39. The van der Waals surface area contributed by atoms with Gasteiger partial charge in [0.1, 0.15) is 5.56 Å². The fraction of sp³-hybridized carbons (Fsp3) is 0.583. The molecular formula is C24H33N3O2. The molecule has 2 aliphatic rings. The highest BCUT2D eigenvalue weighted by atomic mass is 16.2. The standard InChI is InChI=1S/C24H33N3O2/c1-4-5-12-26-19-10-11-20(26)15-18(14-19)25-23(28)21-13-17-8-6-7-9-22(17)27(16(2)3)24(21)29/h6-9,13,16,18-20H,4-5,10-12,14-15H2,1-3H3,(H,25,28). The molecule has 2 aliphatic heterocycles. The van der Waals surface area contributed by atoms with Crippen molar-refractivity contribution in [1.82, 2.24) is 14.8 Å². The topological polar surface area (TPSA) is 54.3 Å². The van der Waals surface area contributed by atoms with Gasteiger partial charge in [0.2, 0.25) is 0 Å². The molecule has 2 fully saturated rings. The van der Waals surface area contributed by atoms with Crippen molar-refractivity contribution in [3.63, 3.8) is 0 Å². The first-order valence-electron chi connectivity index (χ1n) is 11.2. The average molecular weight is 396 g/mol. The zero-order chi connectivity index (χ0) is 20.5. The molecule has 1 N–H and O–H groups in total. The highest BCUT2D eigenvalue weighted by Gasteiger charge is 2.40. The number of rotatable bonds is 6. The Morgan fingerprint density at radius 2 is 1.86 bits per heavy atom. The lowest BCUT2D eigenvalue weighted by Crippen LogP contribution is -2.51. The van der Waals surface area contributed by atoms with Gasteiger partial charge >= 0.3 is 0 Å². The zero-order valence-corrected chi connectivity index (χ0v) is 17.9. The summed E-state index contributed by atoms with van der Waals surface area (Å²) >= 11 is 0. The Bertz CT molecular complexity index is 935. The Morgan fingerprint density at radius 1 is 1.17 bits per heavy atom. The summed E-state index contributed by atoms with van der Waals surface area (Å²) in [6.07, 6.45) is 6.93. The fourth-order valence-electron chi connectivity index (χ4n) is 5.32. The van der Waals surface area contributed by atoms with Crippen molar-refractivity contribution in [2.75, 3.05) is 6.54 Å². The smallest absolute Gasteiger partial charge is 0.264 e. The van der Waals surface area contributed by atoms with Crippen molar-refractivity contribution in [1.29, 1.82) is 0 Å². The maximum atomic E-state index is 13.1. The van der Waals surface area contributed by atoms with Crippen LogP contribution in [0, 0.1) is 0 Å². The van der Waals surface area contributed by atoms with Crippen molar-refractivity contribution in [2.24, 2.45) is 0 Å². The van der Waals surface area contributed by atoms with Crippen LogP contribution in [0.2, 0.25) is 0 Å². The van der Waals surface area contributed by atoms with Crippen molar-refractivity contribution >= 4 is 16.8 Å². The van der Waals surface area contributed by atoms with Gasteiger partial charge in [-0.3, -0.25) is 14.5 Å². The number of nitrogens with one attached hydrogen (secondary N) is 1. The SMILES string of the molecule is CCCCN1C2CCC1CC(NC(=O)c1cc3ccccc3n(C(C)C)c1=O)C2. The molecule has 1 aromatic heterocycles. The highest BCUT2D eigenvalue weighted by molar-refractivity contribution is 5.97. The van der Waals surface area contributed by atoms with Gasteiger partial charge in [-0.25, -0.2) is 0 Å². The van der Waals surface area contributed by atoms with Gasteiger partial charge in [-0.05, 0) is 70.0 Å². The molecule has 2 aromatic rings. The molecule has 2 unspecified atom stereocenters. The number of aromatic nitrogens is 1. The summed E-state index contributed by atoms with van der Waals surface area (Å²) in [6.45, 7) is 7.39. The van der Waals surface area contributed by atoms with E-state index in [4.69, 9.17) is 0 Å². The third-order valence-electron chi connectivity index (χ3n) is 6.70. The average Bonchev–Trinajstić information content (AvgIpc) is 2.93. The van der Waals surface area contributed by atoms with Gasteiger partial charge in [0, 0.05) is 24.2 Å². The number of amides is 1. The number of hydrogen-bond acceptors (Lipinski definition) is 3. The maximum absolute atomic E-state index is 13.1. The number of para-hydroxylation sites is 1. The van der Waals surface area contributed by atoms with Gasteiger partial charge in [-0.2, -0.15) is 0 Å². The summed E-state index contributed by atoms with van der Waals surface area (Å²) in [5.74, 6) is -0.221. The van der Waals surface area contributed by atoms with Crippen LogP contribution in [-0.4, -0.2) is 40.0 Å². The van der Waals surface area contributed by atoms with E-state index in [9.17, 15) is 9.59 Å². The zero-order valence-electron chi connectivity index (χ0n) is 17.9. The molecular weight excluding hydrogens is 362 g/mol. The predicted octanol–water partition coefficient (Wildman–Crippen LogP) is 4.11. The van der Waals surface area contributed by atoms with Crippen LogP contribution < -0.4 is 10.9 Å². The number of hydrogen-bond donors (Lipinski definition) is 1. The van der Waals surface area contributed by atoms with Crippen LogP contribution in [0.25, 0.3) is 10.9 Å². The van der Waals surface area contributed by atoms with Gasteiger partial charge in [-0.1, -0.05) is 31.5 Å². The Labute approximate surface area is 173 Å². The molecule has 5 heteroatoms. The fourth-order valence-corrected chi connectivity index (χ4v) is 5.32. The van der Waals surface area contributed by atoms with Crippen molar-refractivity contribution in [3.8, 4) is 0 Å². The molecule has 0 radical (unpaired) electrons. The number of unbranched alkanes of at least 4 members (excludes halogenated alkanes) is 1. The minimum Gasteiger partial charge on any atom is -0.349 e. The number of piperidine rings is 1. The van der Waals surface area contributed by atoms with E-state index in [1.54, 1.807) is 10.6 Å². The summed E-state index contributed by atoms with van der Waals surface area (Å²) in [4.78, 5) is 28.9. The van der Waals surface area contributed by atoms with E-state index in [0.717, 1.165) is 23.7 Å². The molecule has 0 spiro atoms. The predicted molar refractivity (Wildman–Crippen MR) is 118 cm³/mol. The van der Waals surface area contributed by atoms with Gasteiger partial charge < -0.3 is 9.88 Å². The van der Waals surface area contributed by atoms with E-state index < -0.39 is 0 Å². The molecule has 3 heterocycles.